The molecule has 0 N–H and O–H groups in total. The van der Waals surface area contributed by atoms with Crippen LogP contribution >= 0.6 is 0 Å². The Hall–Kier alpha value is -1.38. The van der Waals surface area contributed by atoms with E-state index in [0.717, 1.165) is 17.8 Å². The third kappa shape index (κ3) is 3.05. The number of hydrogen-bond donors (Lipinski definition) is 0. The van der Waals surface area contributed by atoms with E-state index < -0.39 is 0 Å². The molecule has 0 bridgehead atoms. The first-order chi connectivity index (χ1) is 7.04. The molecule has 15 heavy (non-hydrogen) atoms. The summed E-state index contributed by atoms with van der Waals surface area (Å²) in [6.45, 7) is 7.34. The highest BCUT2D eigenvalue weighted by molar-refractivity contribution is 5.66. The van der Waals surface area contributed by atoms with Gasteiger partial charge >= 0.3 is 5.97 Å². The topological polar surface area (TPSA) is 39.2 Å². The van der Waals surface area contributed by atoms with E-state index in [2.05, 4.69) is 11.9 Å². The lowest BCUT2D eigenvalue weighted by atomic mass is 10.1. The number of rotatable bonds is 3. The van der Waals surface area contributed by atoms with E-state index in [-0.39, 0.29) is 12.1 Å². The van der Waals surface area contributed by atoms with Crippen LogP contribution in [0, 0.1) is 6.92 Å². The molecule has 0 spiro atoms. The molecule has 1 heterocycles. The van der Waals surface area contributed by atoms with Crippen LogP contribution in [-0.4, -0.2) is 11.0 Å². The zero-order valence-corrected chi connectivity index (χ0v) is 9.70. The molecular weight excluding hydrogens is 190 g/mol. The molecule has 3 heteroatoms. The predicted octanol–water partition coefficient (Wildman–Crippen LogP) is 2.58. The van der Waals surface area contributed by atoms with Gasteiger partial charge in [-0.05, 0) is 31.9 Å². The molecule has 0 saturated heterocycles. The SMILES string of the molecule is CCc1nc(C(C)OC(C)=O)ccc1C. The quantitative estimate of drug-likeness (QED) is 0.715. The highest BCUT2D eigenvalue weighted by Gasteiger charge is 2.11. The van der Waals surface area contributed by atoms with Gasteiger partial charge in [0.05, 0.1) is 5.69 Å². The van der Waals surface area contributed by atoms with Crippen LogP contribution in [-0.2, 0) is 16.0 Å². The molecule has 1 atom stereocenters. The number of aromatic nitrogens is 1. The van der Waals surface area contributed by atoms with Gasteiger partial charge in [-0.1, -0.05) is 13.0 Å². The van der Waals surface area contributed by atoms with Crippen molar-refractivity contribution in [3.63, 3.8) is 0 Å². The maximum Gasteiger partial charge on any atom is 0.303 e. The Labute approximate surface area is 90.5 Å². The number of hydrogen-bond acceptors (Lipinski definition) is 3. The fraction of sp³-hybridized carbons (Fsp3) is 0.500. The van der Waals surface area contributed by atoms with E-state index in [0.29, 0.717) is 0 Å². The molecule has 0 aliphatic carbocycles. The standard InChI is InChI=1S/C12H17NO2/c1-5-11-8(2)6-7-12(13-11)9(3)15-10(4)14/h6-7,9H,5H2,1-4H3. The number of ether oxygens (including phenoxy) is 1. The number of carbonyl (C=O) groups is 1. The molecule has 1 aromatic heterocycles. The van der Waals surface area contributed by atoms with Gasteiger partial charge in [0, 0.05) is 12.6 Å². The average molecular weight is 207 g/mol. The van der Waals surface area contributed by atoms with Crippen molar-refractivity contribution in [3.05, 3.63) is 29.1 Å². The molecular formula is C12H17NO2. The van der Waals surface area contributed by atoms with Crippen molar-refractivity contribution in [3.8, 4) is 0 Å². The lowest BCUT2D eigenvalue weighted by molar-refractivity contribution is -0.145. The third-order valence-corrected chi connectivity index (χ3v) is 2.32. The largest absolute Gasteiger partial charge is 0.456 e. The minimum Gasteiger partial charge on any atom is -0.456 e. The molecule has 3 nitrogen and oxygen atoms in total. The van der Waals surface area contributed by atoms with Crippen molar-refractivity contribution >= 4 is 5.97 Å². The lowest BCUT2D eigenvalue weighted by Crippen LogP contribution is -2.08. The van der Waals surface area contributed by atoms with Crippen LogP contribution in [0.5, 0.6) is 0 Å². The van der Waals surface area contributed by atoms with Crippen LogP contribution < -0.4 is 0 Å². The van der Waals surface area contributed by atoms with Crippen LogP contribution in [0.4, 0.5) is 0 Å². The van der Waals surface area contributed by atoms with Gasteiger partial charge in [-0.2, -0.15) is 0 Å². The molecule has 0 fully saturated rings. The summed E-state index contributed by atoms with van der Waals surface area (Å²) in [6, 6.07) is 3.92. The first kappa shape index (κ1) is 11.7. The Morgan fingerprint density at radius 1 is 1.53 bits per heavy atom. The second-order valence-corrected chi connectivity index (χ2v) is 3.60. The number of esters is 1. The maximum absolute atomic E-state index is 10.8. The first-order valence-corrected chi connectivity index (χ1v) is 5.18. The fourth-order valence-corrected chi connectivity index (χ4v) is 1.48. The second-order valence-electron chi connectivity index (χ2n) is 3.60. The Morgan fingerprint density at radius 2 is 2.20 bits per heavy atom. The van der Waals surface area contributed by atoms with Crippen LogP contribution in [0.3, 0.4) is 0 Å². The van der Waals surface area contributed by atoms with E-state index in [1.807, 2.05) is 26.0 Å². The molecule has 0 aliphatic rings. The van der Waals surface area contributed by atoms with E-state index in [9.17, 15) is 4.79 Å². The Bertz CT molecular complexity index is 361. The Balaban J connectivity index is 2.90. The van der Waals surface area contributed by atoms with Gasteiger partial charge in [-0.15, -0.1) is 0 Å². The van der Waals surface area contributed by atoms with Crippen LogP contribution in [0.2, 0.25) is 0 Å². The molecule has 1 rings (SSSR count). The smallest absolute Gasteiger partial charge is 0.303 e. The van der Waals surface area contributed by atoms with Gasteiger partial charge < -0.3 is 4.74 Å². The van der Waals surface area contributed by atoms with E-state index in [4.69, 9.17) is 4.74 Å². The van der Waals surface area contributed by atoms with Gasteiger partial charge in [0.25, 0.3) is 0 Å². The summed E-state index contributed by atoms with van der Waals surface area (Å²) in [5.74, 6) is -0.275. The van der Waals surface area contributed by atoms with Crippen molar-refractivity contribution in [2.75, 3.05) is 0 Å². The molecule has 0 radical (unpaired) electrons. The predicted molar refractivity (Wildman–Crippen MR) is 58.5 cm³/mol. The van der Waals surface area contributed by atoms with Gasteiger partial charge in [0.15, 0.2) is 0 Å². The summed E-state index contributed by atoms with van der Waals surface area (Å²) in [4.78, 5) is 15.3. The number of aryl methyl sites for hydroxylation is 2. The number of nitrogens with zero attached hydrogens (tertiary/aromatic N) is 1. The van der Waals surface area contributed by atoms with Crippen LogP contribution in [0.15, 0.2) is 12.1 Å². The summed E-state index contributed by atoms with van der Waals surface area (Å²) in [7, 11) is 0. The molecule has 0 aliphatic heterocycles. The second kappa shape index (κ2) is 4.91. The molecule has 1 unspecified atom stereocenters. The van der Waals surface area contributed by atoms with Crippen molar-refractivity contribution < 1.29 is 9.53 Å². The summed E-state index contributed by atoms with van der Waals surface area (Å²) in [5, 5.41) is 0. The van der Waals surface area contributed by atoms with Crippen molar-refractivity contribution in [1.82, 2.24) is 4.98 Å². The highest BCUT2D eigenvalue weighted by atomic mass is 16.5. The van der Waals surface area contributed by atoms with Crippen molar-refractivity contribution in [1.29, 1.82) is 0 Å². The van der Waals surface area contributed by atoms with E-state index >= 15 is 0 Å². The highest BCUT2D eigenvalue weighted by Crippen LogP contribution is 2.17. The number of carbonyl (C=O) groups excluding carboxylic acids is 1. The van der Waals surface area contributed by atoms with Crippen LogP contribution in [0.1, 0.15) is 43.8 Å². The minimum atomic E-state index is -0.275. The van der Waals surface area contributed by atoms with Crippen molar-refractivity contribution in [2.24, 2.45) is 0 Å². The maximum atomic E-state index is 10.8. The monoisotopic (exact) mass is 207 g/mol. The first-order valence-electron chi connectivity index (χ1n) is 5.18. The molecule has 0 amide bonds. The zero-order chi connectivity index (χ0) is 11.4. The summed E-state index contributed by atoms with van der Waals surface area (Å²) in [5.41, 5.74) is 3.05. The third-order valence-electron chi connectivity index (χ3n) is 2.32. The number of pyridine rings is 1. The molecule has 82 valence electrons. The normalized spacial score (nSPS) is 12.3. The van der Waals surface area contributed by atoms with Gasteiger partial charge in [0.2, 0.25) is 0 Å². The zero-order valence-electron chi connectivity index (χ0n) is 9.70. The minimum absolute atomic E-state index is 0.270. The Morgan fingerprint density at radius 3 is 2.73 bits per heavy atom. The van der Waals surface area contributed by atoms with Gasteiger partial charge in [-0.25, -0.2) is 0 Å². The van der Waals surface area contributed by atoms with Crippen LogP contribution in [0.25, 0.3) is 0 Å². The van der Waals surface area contributed by atoms with Crippen molar-refractivity contribution in [2.45, 2.75) is 40.2 Å². The van der Waals surface area contributed by atoms with E-state index in [1.54, 1.807) is 0 Å². The Kier molecular flexibility index (Phi) is 3.83. The van der Waals surface area contributed by atoms with E-state index in [1.165, 1.54) is 12.5 Å². The molecule has 0 aromatic carbocycles. The van der Waals surface area contributed by atoms with Gasteiger partial charge in [0.1, 0.15) is 6.10 Å². The molecule has 1 aromatic rings. The molecule has 0 saturated carbocycles. The summed E-state index contributed by atoms with van der Waals surface area (Å²) < 4.78 is 5.07. The van der Waals surface area contributed by atoms with Gasteiger partial charge in [-0.3, -0.25) is 9.78 Å². The summed E-state index contributed by atoms with van der Waals surface area (Å²) >= 11 is 0. The lowest BCUT2D eigenvalue weighted by Gasteiger charge is -2.13. The average Bonchev–Trinajstić information content (AvgIpc) is 2.17. The summed E-state index contributed by atoms with van der Waals surface area (Å²) in [6.07, 6.45) is 0.625. The fourth-order valence-electron chi connectivity index (χ4n) is 1.48.